The molecule has 0 bridgehead atoms. The molecule has 176 valence electrons. The van der Waals surface area contributed by atoms with Crippen molar-refractivity contribution in [1.82, 2.24) is 9.80 Å². The van der Waals surface area contributed by atoms with Gasteiger partial charge in [0, 0.05) is 45.6 Å². The summed E-state index contributed by atoms with van der Waals surface area (Å²) in [4.78, 5) is 29.4. The maximum atomic E-state index is 12.8. The fraction of sp³-hybridized carbons (Fsp3) is 0.680. The number of piperidine rings is 1. The molecule has 7 heteroatoms. The highest BCUT2D eigenvalue weighted by molar-refractivity contribution is 5.77. The zero-order valence-corrected chi connectivity index (χ0v) is 19.2. The molecular weight excluding hydrogens is 408 g/mol. The molecule has 3 aliphatic rings. The normalized spacial score (nSPS) is 23.2. The Morgan fingerprint density at radius 2 is 1.69 bits per heavy atom. The second-order valence-corrected chi connectivity index (χ2v) is 9.32. The predicted octanol–water partition coefficient (Wildman–Crippen LogP) is 2.66. The first-order valence-electron chi connectivity index (χ1n) is 12.0. The van der Waals surface area contributed by atoms with Gasteiger partial charge in [-0.3, -0.25) is 9.59 Å². The molecule has 4 rings (SSSR count). The number of hydrogen-bond acceptors (Lipinski definition) is 5. The van der Waals surface area contributed by atoms with Crippen LogP contribution in [-0.2, 0) is 25.5 Å². The molecule has 3 heterocycles. The van der Waals surface area contributed by atoms with Crippen molar-refractivity contribution in [2.24, 2.45) is 5.92 Å². The van der Waals surface area contributed by atoms with Gasteiger partial charge in [-0.2, -0.15) is 0 Å². The van der Waals surface area contributed by atoms with Crippen LogP contribution < -0.4 is 4.74 Å². The number of aryl methyl sites for hydroxylation is 1. The molecule has 1 spiro atoms. The summed E-state index contributed by atoms with van der Waals surface area (Å²) in [6.07, 6.45) is 5.48. The minimum Gasteiger partial charge on any atom is -0.497 e. The van der Waals surface area contributed by atoms with E-state index in [-0.39, 0.29) is 17.4 Å². The molecule has 1 aromatic rings. The van der Waals surface area contributed by atoms with E-state index in [1.165, 1.54) is 0 Å². The van der Waals surface area contributed by atoms with Crippen molar-refractivity contribution in [1.29, 1.82) is 0 Å². The van der Waals surface area contributed by atoms with Gasteiger partial charge >= 0.3 is 0 Å². The van der Waals surface area contributed by atoms with Gasteiger partial charge in [-0.1, -0.05) is 12.1 Å². The van der Waals surface area contributed by atoms with E-state index in [1.807, 2.05) is 34.1 Å². The number of ether oxygens (including phenoxy) is 3. The number of likely N-dealkylation sites (tertiary alicyclic amines) is 1. The minimum atomic E-state index is -0.166. The van der Waals surface area contributed by atoms with Gasteiger partial charge < -0.3 is 24.0 Å². The first kappa shape index (κ1) is 23.1. The van der Waals surface area contributed by atoms with E-state index < -0.39 is 0 Å². The zero-order chi connectivity index (χ0) is 22.4. The maximum absolute atomic E-state index is 12.8. The number of hydrogen-bond donors (Lipinski definition) is 0. The first-order valence-corrected chi connectivity index (χ1v) is 12.0. The highest BCUT2D eigenvalue weighted by atomic mass is 16.5. The van der Waals surface area contributed by atoms with Crippen molar-refractivity contribution in [3.05, 3.63) is 29.8 Å². The van der Waals surface area contributed by atoms with Crippen LogP contribution in [0.5, 0.6) is 5.75 Å². The molecule has 3 aliphatic heterocycles. The van der Waals surface area contributed by atoms with Crippen molar-refractivity contribution >= 4 is 11.8 Å². The largest absolute Gasteiger partial charge is 0.497 e. The first-order chi connectivity index (χ1) is 15.6. The number of methoxy groups -OCH3 is 1. The van der Waals surface area contributed by atoms with Crippen LogP contribution in [0.15, 0.2) is 24.3 Å². The molecule has 2 amide bonds. The topological polar surface area (TPSA) is 68.3 Å². The van der Waals surface area contributed by atoms with E-state index >= 15 is 0 Å². The van der Waals surface area contributed by atoms with Crippen LogP contribution in [-0.4, -0.2) is 80.3 Å². The molecule has 32 heavy (non-hydrogen) atoms. The highest BCUT2D eigenvalue weighted by Gasteiger charge is 2.41. The molecule has 0 aromatic heterocycles. The van der Waals surface area contributed by atoms with E-state index in [0.717, 1.165) is 56.5 Å². The lowest BCUT2D eigenvalue weighted by Gasteiger charge is -2.46. The number of amides is 2. The molecule has 0 saturated carbocycles. The lowest BCUT2D eigenvalue weighted by molar-refractivity contribution is -0.150. The Bertz CT molecular complexity index is 767. The summed E-state index contributed by atoms with van der Waals surface area (Å²) in [7, 11) is 1.65. The summed E-state index contributed by atoms with van der Waals surface area (Å²) in [6.45, 7) is 4.91. The van der Waals surface area contributed by atoms with Crippen molar-refractivity contribution in [3.63, 3.8) is 0 Å². The third-order valence-corrected chi connectivity index (χ3v) is 7.24. The summed E-state index contributed by atoms with van der Waals surface area (Å²) >= 11 is 0. The minimum absolute atomic E-state index is 0.166. The van der Waals surface area contributed by atoms with Gasteiger partial charge in [0.2, 0.25) is 11.8 Å². The smallest absolute Gasteiger partial charge is 0.223 e. The third kappa shape index (κ3) is 5.81. The molecular formula is C25H36N2O5. The van der Waals surface area contributed by atoms with Gasteiger partial charge in [-0.05, 0) is 55.7 Å². The Morgan fingerprint density at radius 3 is 2.38 bits per heavy atom. The molecule has 7 nitrogen and oxygen atoms in total. The molecule has 0 aliphatic carbocycles. The average Bonchev–Trinajstić information content (AvgIpc) is 2.84. The molecule has 0 radical (unpaired) electrons. The van der Waals surface area contributed by atoms with Crippen molar-refractivity contribution in [2.45, 2.75) is 50.5 Å². The van der Waals surface area contributed by atoms with Crippen LogP contribution in [0.2, 0.25) is 0 Å². The molecule has 3 fully saturated rings. The Hall–Kier alpha value is -2.12. The Balaban J connectivity index is 1.22. The second-order valence-electron chi connectivity index (χ2n) is 9.32. The highest BCUT2D eigenvalue weighted by Crippen LogP contribution is 2.39. The Labute approximate surface area is 191 Å². The lowest BCUT2D eigenvalue weighted by atomic mass is 9.78. The standard InChI is InChI=1S/C25H36N2O5/c1-30-22-5-2-20(3-6-22)4-7-23(28)26-11-9-25(10-12-26)19-21(8-15-32-25)18-24(29)27-13-16-31-17-14-27/h2-3,5-6,21H,4,7-19H2,1H3. The summed E-state index contributed by atoms with van der Waals surface area (Å²) in [6, 6.07) is 7.91. The number of benzene rings is 1. The molecule has 1 aromatic carbocycles. The molecule has 1 unspecified atom stereocenters. The number of rotatable bonds is 6. The number of carbonyl (C=O) groups is 2. The van der Waals surface area contributed by atoms with Crippen molar-refractivity contribution in [3.8, 4) is 5.75 Å². The van der Waals surface area contributed by atoms with E-state index in [1.54, 1.807) is 7.11 Å². The molecule has 3 saturated heterocycles. The van der Waals surface area contributed by atoms with Gasteiger partial charge in [0.05, 0.1) is 25.9 Å². The fourth-order valence-corrected chi connectivity index (χ4v) is 5.21. The average molecular weight is 445 g/mol. The van der Waals surface area contributed by atoms with E-state index in [4.69, 9.17) is 14.2 Å². The Morgan fingerprint density at radius 1 is 1.00 bits per heavy atom. The summed E-state index contributed by atoms with van der Waals surface area (Å²) in [5, 5.41) is 0. The third-order valence-electron chi connectivity index (χ3n) is 7.24. The zero-order valence-electron chi connectivity index (χ0n) is 19.2. The van der Waals surface area contributed by atoms with E-state index in [0.29, 0.717) is 51.7 Å². The SMILES string of the molecule is COc1ccc(CCC(=O)N2CCC3(CC2)CC(CC(=O)N2CCOCC2)CCO3)cc1. The fourth-order valence-electron chi connectivity index (χ4n) is 5.21. The summed E-state index contributed by atoms with van der Waals surface area (Å²) in [5.41, 5.74) is 0.983. The van der Waals surface area contributed by atoms with Crippen molar-refractivity contribution < 1.29 is 23.8 Å². The van der Waals surface area contributed by atoms with Gasteiger partial charge in [0.15, 0.2) is 0 Å². The van der Waals surface area contributed by atoms with Crippen LogP contribution in [0.3, 0.4) is 0 Å². The second kappa shape index (κ2) is 10.7. The van der Waals surface area contributed by atoms with E-state index in [9.17, 15) is 9.59 Å². The lowest BCUT2D eigenvalue weighted by Crippen LogP contribution is -2.51. The van der Waals surface area contributed by atoms with Crippen molar-refractivity contribution in [2.75, 3.05) is 53.1 Å². The van der Waals surface area contributed by atoms with Gasteiger partial charge in [-0.15, -0.1) is 0 Å². The van der Waals surface area contributed by atoms with Crippen LogP contribution >= 0.6 is 0 Å². The van der Waals surface area contributed by atoms with Gasteiger partial charge in [0.25, 0.3) is 0 Å². The van der Waals surface area contributed by atoms with Crippen LogP contribution in [0.25, 0.3) is 0 Å². The molecule has 0 N–H and O–H groups in total. The van der Waals surface area contributed by atoms with Gasteiger partial charge in [-0.25, -0.2) is 0 Å². The number of morpholine rings is 1. The quantitative estimate of drug-likeness (QED) is 0.675. The van der Waals surface area contributed by atoms with E-state index in [2.05, 4.69) is 0 Å². The van der Waals surface area contributed by atoms with Gasteiger partial charge in [0.1, 0.15) is 5.75 Å². The number of nitrogens with zero attached hydrogens (tertiary/aromatic N) is 2. The summed E-state index contributed by atoms with van der Waals surface area (Å²) in [5.74, 6) is 1.67. The predicted molar refractivity (Wildman–Crippen MR) is 121 cm³/mol. The van der Waals surface area contributed by atoms with Crippen LogP contribution in [0, 0.1) is 5.92 Å². The maximum Gasteiger partial charge on any atom is 0.223 e. The summed E-state index contributed by atoms with van der Waals surface area (Å²) < 4.78 is 16.8. The van der Waals surface area contributed by atoms with Crippen LogP contribution in [0.1, 0.15) is 44.1 Å². The molecule has 1 atom stereocenters. The monoisotopic (exact) mass is 444 g/mol. The number of carbonyl (C=O) groups excluding carboxylic acids is 2. The van der Waals surface area contributed by atoms with Crippen LogP contribution in [0.4, 0.5) is 0 Å². The Kier molecular flexibility index (Phi) is 7.68.